The number of rotatable bonds is 2. The third kappa shape index (κ3) is 27.7. The minimum Gasteiger partial charge on any atom is -0.481 e. The molecule has 0 aliphatic rings. The molecule has 0 aromatic rings. The zero-order valence-electron chi connectivity index (χ0n) is 7.09. The summed E-state index contributed by atoms with van der Waals surface area (Å²) in [4.78, 5) is 19.2. The molecule has 0 unspecified atom stereocenters. The summed E-state index contributed by atoms with van der Waals surface area (Å²) in [6, 6.07) is 0. The van der Waals surface area contributed by atoms with E-state index >= 15 is 0 Å². The SMILES string of the molecule is CC(=O)O.CCCC(=O)OC. The molecular weight excluding hydrogens is 148 g/mol. The molecular formula is C7H14O4. The van der Waals surface area contributed by atoms with Crippen molar-refractivity contribution in [1.82, 2.24) is 0 Å². The summed E-state index contributed by atoms with van der Waals surface area (Å²) in [6.07, 6.45) is 1.41. The molecule has 0 aliphatic carbocycles. The largest absolute Gasteiger partial charge is 0.481 e. The average Bonchev–Trinajstić information content (AvgIpc) is 1.87. The number of carbonyl (C=O) groups excluding carboxylic acids is 1. The Kier molecular flexibility index (Phi) is 10.2. The Hall–Kier alpha value is -1.06. The maximum Gasteiger partial charge on any atom is 0.305 e. The number of methoxy groups -OCH3 is 1. The quantitative estimate of drug-likeness (QED) is 0.616. The zero-order chi connectivity index (χ0) is 9.28. The maximum absolute atomic E-state index is 10.2. The Morgan fingerprint density at radius 2 is 1.82 bits per heavy atom. The maximum atomic E-state index is 10.2. The van der Waals surface area contributed by atoms with Gasteiger partial charge in [0.1, 0.15) is 0 Å². The van der Waals surface area contributed by atoms with Gasteiger partial charge in [0, 0.05) is 13.3 Å². The first-order valence-corrected chi connectivity index (χ1v) is 3.30. The van der Waals surface area contributed by atoms with Gasteiger partial charge in [-0.05, 0) is 6.42 Å². The van der Waals surface area contributed by atoms with Crippen LogP contribution in [0.1, 0.15) is 26.7 Å². The third-order valence-electron chi connectivity index (χ3n) is 0.682. The Bertz CT molecular complexity index is 116. The molecule has 4 heteroatoms. The third-order valence-corrected chi connectivity index (χ3v) is 0.682. The summed E-state index contributed by atoms with van der Waals surface area (Å²) in [5.41, 5.74) is 0. The number of carboxylic acid groups (broad SMARTS) is 1. The summed E-state index contributed by atoms with van der Waals surface area (Å²) >= 11 is 0. The fourth-order valence-corrected chi connectivity index (χ4v) is 0.306. The van der Waals surface area contributed by atoms with Crippen LogP contribution in [0.4, 0.5) is 0 Å². The van der Waals surface area contributed by atoms with E-state index in [1.54, 1.807) is 0 Å². The number of esters is 1. The number of ether oxygens (including phenoxy) is 1. The molecule has 0 amide bonds. The highest BCUT2D eigenvalue weighted by Crippen LogP contribution is 1.86. The van der Waals surface area contributed by atoms with Gasteiger partial charge < -0.3 is 9.84 Å². The molecule has 0 spiro atoms. The van der Waals surface area contributed by atoms with Crippen molar-refractivity contribution in [3.05, 3.63) is 0 Å². The van der Waals surface area contributed by atoms with Gasteiger partial charge in [-0.3, -0.25) is 9.59 Å². The lowest BCUT2D eigenvalue weighted by Gasteiger charge is -1.91. The van der Waals surface area contributed by atoms with Gasteiger partial charge in [-0.25, -0.2) is 0 Å². The van der Waals surface area contributed by atoms with E-state index in [4.69, 9.17) is 9.90 Å². The normalized spacial score (nSPS) is 7.55. The Labute approximate surface area is 66.2 Å². The fraction of sp³-hybridized carbons (Fsp3) is 0.714. The van der Waals surface area contributed by atoms with Crippen LogP contribution in [0.5, 0.6) is 0 Å². The summed E-state index contributed by atoms with van der Waals surface area (Å²) in [5, 5.41) is 7.42. The van der Waals surface area contributed by atoms with Gasteiger partial charge in [0.15, 0.2) is 0 Å². The van der Waals surface area contributed by atoms with Gasteiger partial charge >= 0.3 is 5.97 Å². The van der Waals surface area contributed by atoms with Gasteiger partial charge in [0.2, 0.25) is 0 Å². The minimum atomic E-state index is -0.833. The average molecular weight is 162 g/mol. The van der Waals surface area contributed by atoms with E-state index in [2.05, 4.69) is 4.74 Å². The molecule has 0 aromatic heterocycles. The van der Waals surface area contributed by atoms with E-state index in [9.17, 15) is 4.79 Å². The predicted molar refractivity (Wildman–Crippen MR) is 40.2 cm³/mol. The van der Waals surface area contributed by atoms with Crippen LogP contribution < -0.4 is 0 Å². The van der Waals surface area contributed by atoms with E-state index in [1.165, 1.54) is 7.11 Å². The van der Waals surface area contributed by atoms with Crippen LogP contribution in [0.25, 0.3) is 0 Å². The lowest BCUT2D eigenvalue weighted by molar-refractivity contribution is -0.140. The molecule has 1 N–H and O–H groups in total. The lowest BCUT2D eigenvalue weighted by atomic mass is 10.3. The summed E-state index contributed by atoms with van der Waals surface area (Å²) in [5.74, 6) is -0.956. The Balaban J connectivity index is 0. The Morgan fingerprint density at radius 3 is 1.91 bits per heavy atom. The standard InChI is InChI=1S/C5H10O2.C2H4O2/c1-3-4-5(6)7-2;1-2(3)4/h3-4H2,1-2H3;1H3,(H,3,4). The molecule has 66 valence electrons. The zero-order valence-corrected chi connectivity index (χ0v) is 7.09. The van der Waals surface area contributed by atoms with Crippen molar-refractivity contribution >= 4 is 11.9 Å². The molecule has 11 heavy (non-hydrogen) atoms. The van der Waals surface area contributed by atoms with Crippen LogP contribution >= 0.6 is 0 Å². The van der Waals surface area contributed by atoms with Crippen LogP contribution in [0.3, 0.4) is 0 Å². The Morgan fingerprint density at radius 1 is 1.45 bits per heavy atom. The van der Waals surface area contributed by atoms with Crippen LogP contribution in [0.15, 0.2) is 0 Å². The highest BCUT2D eigenvalue weighted by Gasteiger charge is 1.92. The number of hydrogen-bond acceptors (Lipinski definition) is 3. The van der Waals surface area contributed by atoms with Crippen molar-refractivity contribution in [1.29, 1.82) is 0 Å². The van der Waals surface area contributed by atoms with E-state index in [0.717, 1.165) is 13.3 Å². The predicted octanol–water partition coefficient (Wildman–Crippen LogP) is 1.05. The van der Waals surface area contributed by atoms with Crippen LogP contribution in [0, 0.1) is 0 Å². The molecule has 4 nitrogen and oxygen atoms in total. The molecule has 0 heterocycles. The summed E-state index contributed by atoms with van der Waals surface area (Å²) < 4.78 is 4.35. The van der Waals surface area contributed by atoms with Gasteiger partial charge in [-0.15, -0.1) is 0 Å². The molecule has 0 atom stereocenters. The van der Waals surface area contributed by atoms with Crippen LogP contribution in [-0.4, -0.2) is 24.2 Å². The first kappa shape index (κ1) is 12.6. The number of aliphatic carboxylic acids is 1. The van der Waals surface area contributed by atoms with E-state index in [1.807, 2.05) is 6.92 Å². The second kappa shape index (κ2) is 8.94. The smallest absolute Gasteiger partial charge is 0.305 e. The molecule has 0 rings (SSSR count). The molecule has 0 bridgehead atoms. The fourth-order valence-electron chi connectivity index (χ4n) is 0.306. The molecule has 0 fully saturated rings. The van der Waals surface area contributed by atoms with Crippen molar-refractivity contribution in [2.45, 2.75) is 26.7 Å². The summed E-state index contributed by atoms with van der Waals surface area (Å²) in [6.45, 7) is 3.02. The molecule has 0 aliphatic heterocycles. The van der Waals surface area contributed by atoms with Gasteiger partial charge in [0.05, 0.1) is 7.11 Å². The van der Waals surface area contributed by atoms with E-state index < -0.39 is 5.97 Å². The summed E-state index contributed by atoms with van der Waals surface area (Å²) in [7, 11) is 1.40. The van der Waals surface area contributed by atoms with Gasteiger partial charge in [0.25, 0.3) is 5.97 Å². The highest BCUT2D eigenvalue weighted by atomic mass is 16.5. The molecule has 0 radical (unpaired) electrons. The van der Waals surface area contributed by atoms with Crippen molar-refractivity contribution < 1.29 is 19.4 Å². The minimum absolute atomic E-state index is 0.123. The molecule has 0 aromatic carbocycles. The second-order valence-electron chi connectivity index (χ2n) is 1.85. The first-order valence-electron chi connectivity index (χ1n) is 3.30. The number of hydrogen-bond donors (Lipinski definition) is 1. The van der Waals surface area contributed by atoms with Gasteiger partial charge in [-0.2, -0.15) is 0 Å². The number of carboxylic acids is 1. The molecule has 0 saturated carbocycles. The molecule has 0 saturated heterocycles. The van der Waals surface area contributed by atoms with Gasteiger partial charge in [-0.1, -0.05) is 6.92 Å². The number of carbonyl (C=O) groups is 2. The van der Waals surface area contributed by atoms with E-state index in [-0.39, 0.29) is 5.97 Å². The van der Waals surface area contributed by atoms with Crippen molar-refractivity contribution in [2.24, 2.45) is 0 Å². The second-order valence-corrected chi connectivity index (χ2v) is 1.85. The monoisotopic (exact) mass is 162 g/mol. The van der Waals surface area contributed by atoms with Crippen molar-refractivity contribution in [3.63, 3.8) is 0 Å². The van der Waals surface area contributed by atoms with Crippen molar-refractivity contribution in [3.8, 4) is 0 Å². The van der Waals surface area contributed by atoms with Crippen LogP contribution in [-0.2, 0) is 14.3 Å². The van der Waals surface area contributed by atoms with Crippen LogP contribution in [0.2, 0.25) is 0 Å². The first-order chi connectivity index (χ1) is 5.04. The lowest BCUT2D eigenvalue weighted by Crippen LogP contribution is -1.97. The highest BCUT2D eigenvalue weighted by molar-refractivity contribution is 5.68. The van der Waals surface area contributed by atoms with Crippen molar-refractivity contribution in [2.75, 3.05) is 7.11 Å². The van der Waals surface area contributed by atoms with E-state index in [0.29, 0.717) is 6.42 Å². The topological polar surface area (TPSA) is 63.6 Å².